The van der Waals surface area contributed by atoms with E-state index in [1.807, 2.05) is 4.57 Å². The second-order valence-electron chi connectivity index (χ2n) is 6.54. The fourth-order valence-corrected chi connectivity index (χ4v) is 2.35. The topological polar surface area (TPSA) is 20.7 Å². The first kappa shape index (κ1) is 16.1. The molecule has 21 heavy (non-hydrogen) atoms. The molecule has 1 heterocycles. The van der Waals surface area contributed by atoms with Crippen LogP contribution in [-0.4, -0.2) is 9.55 Å². The molecule has 2 aromatic rings. The molecule has 1 aromatic carbocycles. The molecule has 116 valence electrons. The first-order chi connectivity index (χ1) is 9.50. The van der Waals surface area contributed by atoms with Gasteiger partial charge < -0.3 is 9.55 Å². The van der Waals surface area contributed by atoms with Gasteiger partial charge in [-0.05, 0) is 41.7 Å². The smallest absolute Gasteiger partial charge is 0.331 e. The summed E-state index contributed by atoms with van der Waals surface area (Å²) in [7, 11) is 0. The van der Waals surface area contributed by atoms with Gasteiger partial charge in [0.2, 0.25) is 0 Å². The van der Waals surface area contributed by atoms with Crippen molar-refractivity contribution in [2.24, 2.45) is 11.3 Å². The number of aromatic amines is 1. The van der Waals surface area contributed by atoms with Crippen LogP contribution in [0.4, 0.5) is 13.2 Å². The van der Waals surface area contributed by atoms with E-state index in [0.717, 1.165) is 12.1 Å². The number of halogens is 3. The van der Waals surface area contributed by atoms with E-state index in [0.29, 0.717) is 28.3 Å². The molecule has 0 aliphatic carbocycles. The first-order valence-corrected chi connectivity index (χ1v) is 7.21. The number of hydrogen-bond donors (Lipinski definition) is 1. The molecule has 1 aromatic heterocycles. The van der Waals surface area contributed by atoms with Crippen LogP contribution < -0.4 is 0 Å². The number of rotatable bonds is 2. The van der Waals surface area contributed by atoms with Crippen LogP contribution in [-0.2, 0) is 12.7 Å². The minimum absolute atomic E-state index is 0.101. The van der Waals surface area contributed by atoms with Crippen LogP contribution >= 0.6 is 12.2 Å². The highest BCUT2D eigenvalue weighted by atomic mass is 32.1. The van der Waals surface area contributed by atoms with E-state index in [-0.39, 0.29) is 5.41 Å². The van der Waals surface area contributed by atoms with Gasteiger partial charge >= 0.3 is 6.18 Å². The number of hydrogen-bond acceptors (Lipinski definition) is 1. The number of alkyl halides is 3. The molecule has 1 unspecified atom stereocenters. The summed E-state index contributed by atoms with van der Waals surface area (Å²) in [6, 6.07) is 3.70. The number of benzene rings is 1. The molecule has 2 nitrogen and oxygen atoms in total. The lowest BCUT2D eigenvalue weighted by Gasteiger charge is -2.27. The van der Waals surface area contributed by atoms with E-state index < -0.39 is 11.7 Å². The maximum Gasteiger partial charge on any atom is 0.416 e. The summed E-state index contributed by atoms with van der Waals surface area (Å²) in [6.45, 7) is 9.20. The van der Waals surface area contributed by atoms with E-state index in [1.54, 1.807) is 0 Å². The Kier molecular flexibility index (Phi) is 3.95. The van der Waals surface area contributed by atoms with Crippen molar-refractivity contribution in [1.82, 2.24) is 9.55 Å². The van der Waals surface area contributed by atoms with Gasteiger partial charge in [0.25, 0.3) is 0 Å². The SMILES string of the molecule is CC(Cn1c(=S)[nH]c2cc(C(F)(F)F)ccc21)C(C)(C)C. The molecule has 0 aliphatic rings. The third-order valence-electron chi connectivity index (χ3n) is 4.04. The molecule has 0 aliphatic heterocycles. The summed E-state index contributed by atoms with van der Waals surface area (Å²) in [4.78, 5) is 2.87. The zero-order valence-electron chi connectivity index (χ0n) is 12.5. The maximum atomic E-state index is 12.7. The normalized spacial score (nSPS) is 14.6. The zero-order valence-corrected chi connectivity index (χ0v) is 13.3. The Bertz CT molecular complexity index is 704. The Morgan fingerprint density at radius 1 is 1.24 bits per heavy atom. The minimum atomic E-state index is -4.34. The average Bonchev–Trinajstić information content (AvgIpc) is 2.63. The van der Waals surface area contributed by atoms with Gasteiger partial charge in [-0.2, -0.15) is 13.2 Å². The highest BCUT2D eigenvalue weighted by Gasteiger charge is 2.31. The molecule has 0 fully saturated rings. The number of nitrogens with zero attached hydrogens (tertiary/aromatic N) is 1. The van der Waals surface area contributed by atoms with Crippen molar-refractivity contribution in [1.29, 1.82) is 0 Å². The molecule has 0 radical (unpaired) electrons. The summed E-state index contributed by atoms with van der Waals surface area (Å²) >= 11 is 5.26. The largest absolute Gasteiger partial charge is 0.416 e. The molecule has 0 bridgehead atoms. The summed E-state index contributed by atoms with van der Waals surface area (Å²) in [5.41, 5.74) is 0.576. The summed E-state index contributed by atoms with van der Waals surface area (Å²) in [5.74, 6) is 0.338. The number of fused-ring (bicyclic) bond motifs is 1. The van der Waals surface area contributed by atoms with Crippen molar-refractivity contribution < 1.29 is 13.2 Å². The Morgan fingerprint density at radius 2 is 1.86 bits per heavy atom. The molecule has 0 amide bonds. The van der Waals surface area contributed by atoms with Crippen molar-refractivity contribution in [2.45, 2.75) is 40.4 Å². The monoisotopic (exact) mass is 316 g/mol. The van der Waals surface area contributed by atoms with Crippen molar-refractivity contribution in [3.8, 4) is 0 Å². The van der Waals surface area contributed by atoms with Gasteiger partial charge in [-0.1, -0.05) is 27.7 Å². The van der Waals surface area contributed by atoms with Gasteiger partial charge in [0.1, 0.15) is 0 Å². The molecule has 0 saturated carbocycles. The summed E-state index contributed by atoms with van der Waals surface area (Å²) in [6.07, 6.45) is -4.34. The van der Waals surface area contributed by atoms with E-state index >= 15 is 0 Å². The van der Waals surface area contributed by atoms with Gasteiger partial charge in [-0.25, -0.2) is 0 Å². The molecule has 6 heteroatoms. The van der Waals surface area contributed by atoms with Gasteiger partial charge in [0.15, 0.2) is 4.77 Å². The fraction of sp³-hybridized carbons (Fsp3) is 0.533. The lowest BCUT2D eigenvalue weighted by atomic mass is 9.82. The van der Waals surface area contributed by atoms with E-state index in [1.165, 1.54) is 6.07 Å². The highest BCUT2D eigenvalue weighted by molar-refractivity contribution is 7.71. The van der Waals surface area contributed by atoms with E-state index in [4.69, 9.17) is 12.2 Å². The van der Waals surface area contributed by atoms with Crippen LogP contribution in [0.5, 0.6) is 0 Å². The van der Waals surface area contributed by atoms with Crippen molar-refractivity contribution in [3.63, 3.8) is 0 Å². The van der Waals surface area contributed by atoms with Crippen molar-refractivity contribution in [3.05, 3.63) is 28.5 Å². The second kappa shape index (κ2) is 5.16. The Morgan fingerprint density at radius 3 is 2.38 bits per heavy atom. The van der Waals surface area contributed by atoms with Gasteiger partial charge in [-0.15, -0.1) is 0 Å². The molecule has 0 saturated heterocycles. The van der Waals surface area contributed by atoms with Crippen molar-refractivity contribution in [2.75, 3.05) is 0 Å². The predicted octanol–water partition coefficient (Wildman–Crippen LogP) is 5.40. The summed E-state index contributed by atoms with van der Waals surface area (Å²) in [5, 5.41) is 0. The van der Waals surface area contributed by atoms with E-state index in [9.17, 15) is 13.2 Å². The second-order valence-corrected chi connectivity index (χ2v) is 6.92. The number of aromatic nitrogens is 2. The van der Waals surface area contributed by atoms with Crippen LogP contribution in [0.15, 0.2) is 18.2 Å². The Balaban J connectivity index is 2.47. The third-order valence-corrected chi connectivity index (χ3v) is 4.36. The molecular formula is C15H19F3N2S. The molecule has 1 atom stereocenters. The molecule has 2 rings (SSSR count). The average molecular weight is 316 g/mol. The van der Waals surface area contributed by atoms with Crippen molar-refractivity contribution >= 4 is 23.3 Å². The van der Waals surface area contributed by atoms with Crippen LogP contribution in [0.1, 0.15) is 33.3 Å². The number of H-pyrrole nitrogens is 1. The van der Waals surface area contributed by atoms with Crippen LogP contribution in [0.3, 0.4) is 0 Å². The zero-order chi connectivity index (χ0) is 16.0. The summed E-state index contributed by atoms with van der Waals surface area (Å²) < 4.78 is 40.6. The molecule has 1 N–H and O–H groups in total. The van der Waals surface area contributed by atoms with Crippen LogP contribution in [0.2, 0.25) is 0 Å². The molecule has 0 spiro atoms. The Labute approximate surface area is 127 Å². The number of imidazole rings is 1. The van der Waals surface area contributed by atoms with Gasteiger partial charge in [-0.3, -0.25) is 0 Å². The van der Waals surface area contributed by atoms with E-state index in [2.05, 4.69) is 32.7 Å². The lowest BCUT2D eigenvalue weighted by Crippen LogP contribution is -2.22. The lowest BCUT2D eigenvalue weighted by molar-refractivity contribution is -0.137. The highest BCUT2D eigenvalue weighted by Crippen LogP contribution is 2.32. The van der Waals surface area contributed by atoms with Gasteiger partial charge in [0.05, 0.1) is 16.6 Å². The molecular weight excluding hydrogens is 297 g/mol. The fourth-order valence-electron chi connectivity index (χ4n) is 2.07. The van der Waals surface area contributed by atoms with Crippen LogP contribution in [0, 0.1) is 16.1 Å². The quantitative estimate of drug-likeness (QED) is 0.736. The standard InChI is InChI=1S/C15H19F3N2S/c1-9(14(2,3)4)8-20-12-6-5-10(15(16,17)18)7-11(12)19-13(20)21/h5-7,9H,8H2,1-4H3,(H,19,21). The third kappa shape index (κ3) is 3.31. The number of nitrogens with one attached hydrogen (secondary N) is 1. The first-order valence-electron chi connectivity index (χ1n) is 6.80. The van der Waals surface area contributed by atoms with Crippen LogP contribution in [0.25, 0.3) is 11.0 Å². The Hall–Kier alpha value is -1.30. The maximum absolute atomic E-state index is 12.7. The minimum Gasteiger partial charge on any atom is -0.331 e. The predicted molar refractivity (Wildman–Crippen MR) is 80.7 cm³/mol. The van der Waals surface area contributed by atoms with Gasteiger partial charge in [0, 0.05) is 6.54 Å².